The minimum absolute atomic E-state index is 0.00901. The van der Waals surface area contributed by atoms with Crippen LogP contribution in [0.3, 0.4) is 0 Å². The second-order valence-electron chi connectivity index (χ2n) is 8.36. The summed E-state index contributed by atoms with van der Waals surface area (Å²) in [5.74, 6) is -1.06. The molecular formula is C25H29N3O6S. The maximum atomic E-state index is 13.3. The van der Waals surface area contributed by atoms with Crippen LogP contribution in [0.5, 0.6) is 5.75 Å². The Bertz CT molecular complexity index is 1180. The number of carbonyl (C=O) groups excluding carboxylic acids is 2. The summed E-state index contributed by atoms with van der Waals surface area (Å²) < 4.78 is 38.4. The molecule has 1 saturated carbocycles. The van der Waals surface area contributed by atoms with Gasteiger partial charge in [0.2, 0.25) is 10.0 Å². The number of hydrogen-bond acceptors (Lipinski definition) is 7. The number of rotatable bonds is 9. The average molecular weight is 500 g/mol. The zero-order chi connectivity index (χ0) is 25.4. The normalized spacial score (nSPS) is 15.1. The Morgan fingerprint density at radius 2 is 1.77 bits per heavy atom. The second-order valence-corrected chi connectivity index (χ2v) is 10.3. The minimum atomic E-state index is -3.83. The van der Waals surface area contributed by atoms with Crippen LogP contribution in [-0.4, -0.2) is 50.4 Å². The molecular weight excluding hydrogens is 470 g/mol. The summed E-state index contributed by atoms with van der Waals surface area (Å²) in [5, 5.41) is 11.4. The summed E-state index contributed by atoms with van der Waals surface area (Å²) in [5.41, 5.74) is 0.578. The fraction of sp³-hybridized carbons (Fsp3) is 0.400. The van der Waals surface area contributed by atoms with Crippen molar-refractivity contribution in [2.45, 2.75) is 56.1 Å². The summed E-state index contributed by atoms with van der Waals surface area (Å²) in [6, 6.07) is 14.3. The number of benzene rings is 2. The third kappa shape index (κ3) is 6.81. The molecule has 1 amide bonds. The lowest BCUT2D eigenvalue weighted by atomic mass is 9.96. The van der Waals surface area contributed by atoms with Gasteiger partial charge in [-0.2, -0.15) is 9.57 Å². The van der Waals surface area contributed by atoms with Crippen LogP contribution >= 0.6 is 0 Å². The zero-order valence-electron chi connectivity index (χ0n) is 19.8. The molecule has 1 unspecified atom stereocenters. The van der Waals surface area contributed by atoms with Gasteiger partial charge in [-0.1, -0.05) is 31.4 Å². The molecule has 35 heavy (non-hydrogen) atoms. The molecule has 3 rings (SSSR count). The number of nitrogens with one attached hydrogen (secondary N) is 1. The van der Waals surface area contributed by atoms with E-state index >= 15 is 0 Å². The van der Waals surface area contributed by atoms with Crippen molar-refractivity contribution in [3.05, 3.63) is 54.1 Å². The van der Waals surface area contributed by atoms with E-state index in [0.717, 1.165) is 32.1 Å². The molecule has 1 aliphatic carbocycles. The maximum absolute atomic E-state index is 13.3. The predicted octanol–water partition coefficient (Wildman–Crippen LogP) is 3.46. The van der Waals surface area contributed by atoms with Gasteiger partial charge in [0.25, 0.3) is 5.91 Å². The quantitative estimate of drug-likeness (QED) is 0.524. The van der Waals surface area contributed by atoms with E-state index in [9.17, 15) is 18.0 Å². The standard InChI is InChI=1S/C25H29N3O6S/c1-18(34-21-14-12-19(16-26)13-15-21)25(30)33-17-24(29)27-22-10-6-7-11-23(22)35(31,32)28(2)20-8-4-3-5-9-20/h6-7,10-15,18,20H,3-5,8-9,17H2,1-2H3,(H,27,29). The van der Waals surface area contributed by atoms with Gasteiger partial charge in [0.15, 0.2) is 12.7 Å². The molecule has 186 valence electrons. The fourth-order valence-electron chi connectivity index (χ4n) is 3.89. The SMILES string of the molecule is CC(Oc1ccc(C#N)cc1)C(=O)OCC(=O)Nc1ccccc1S(=O)(=O)N(C)C1CCCCC1. The summed E-state index contributed by atoms with van der Waals surface area (Å²) >= 11 is 0. The third-order valence-electron chi connectivity index (χ3n) is 5.88. The van der Waals surface area contributed by atoms with Crippen LogP contribution in [0, 0.1) is 11.3 Å². The van der Waals surface area contributed by atoms with Crippen molar-refractivity contribution in [3.8, 4) is 11.8 Å². The highest BCUT2D eigenvalue weighted by atomic mass is 32.2. The van der Waals surface area contributed by atoms with Crippen molar-refractivity contribution in [1.29, 1.82) is 5.26 Å². The topological polar surface area (TPSA) is 126 Å². The molecule has 0 heterocycles. The van der Waals surface area contributed by atoms with E-state index in [4.69, 9.17) is 14.7 Å². The van der Waals surface area contributed by atoms with E-state index in [1.165, 1.54) is 23.4 Å². The van der Waals surface area contributed by atoms with Crippen molar-refractivity contribution in [1.82, 2.24) is 4.31 Å². The molecule has 1 fully saturated rings. The van der Waals surface area contributed by atoms with E-state index in [-0.39, 0.29) is 16.6 Å². The van der Waals surface area contributed by atoms with E-state index in [2.05, 4.69) is 5.32 Å². The van der Waals surface area contributed by atoms with Gasteiger partial charge < -0.3 is 14.8 Å². The first kappa shape index (κ1) is 26.2. The van der Waals surface area contributed by atoms with Gasteiger partial charge in [0.05, 0.1) is 17.3 Å². The first-order valence-electron chi connectivity index (χ1n) is 11.4. The first-order valence-corrected chi connectivity index (χ1v) is 12.9. The minimum Gasteiger partial charge on any atom is -0.479 e. The molecule has 0 saturated heterocycles. The van der Waals surface area contributed by atoms with Crippen LogP contribution in [0.2, 0.25) is 0 Å². The molecule has 0 radical (unpaired) electrons. The van der Waals surface area contributed by atoms with Gasteiger partial charge in [-0.25, -0.2) is 13.2 Å². The van der Waals surface area contributed by atoms with Gasteiger partial charge in [0.1, 0.15) is 10.6 Å². The lowest BCUT2D eigenvalue weighted by Gasteiger charge is -2.30. The first-order chi connectivity index (χ1) is 16.7. The van der Waals surface area contributed by atoms with E-state index < -0.39 is 34.6 Å². The second kappa shape index (κ2) is 11.8. The Kier molecular flexibility index (Phi) is 8.84. The lowest BCUT2D eigenvalue weighted by Crippen LogP contribution is -2.38. The van der Waals surface area contributed by atoms with Gasteiger partial charge in [-0.05, 0) is 56.2 Å². The molecule has 0 aromatic heterocycles. The van der Waals surface area contributed by atoms with Crippen molar-refractivity contribution >= 4 is 27.6 Å². The number of sulfonamides is 1. The highest BCUT2D eigenvalue weighted by molar-refractivity contribution is 7.89. The smallest absolute Gasteiger partial charge is 0.347 e. The molecule has 9 nitrogen and oxygen atoms in total. The zero-order valence-corrected chi connectivity index (χ0v) is 20.6. The summed E-state index contributed by atoms with van der Waals surface area (Å²) in [7, 11) is -2.26. The largest absolute Gasteiger partial charge is 0.479 e. The van der Waals surface area contributed by atoms with Crippen LogP contribution in [0.25, 0.3) is 0 Å². The van der Waals surface area contributed by atoms with Gasteiger partial charge in [0, 0.05) is 13.1 Å². The molecule has 0 aliphatic heterocycles. The van der Waals surface area contributed by atoms with Crippen LogP contribution in [-0.2, 0) is 24.3 Å². The van der Waals surface area contributed by atoms with Crippen LogP contribution < -0.4 is 10.1 Å². The summed E-state index contributed by atoms with van der Waals surface area (Å²) in [6.07, 6.45) is 3.70. The number of esters is 1. The Balaban J connectivity index is 1.59. The highest BCUT2D eigenvalue weighted by Gasteiger charge is 2.31. The van der Waals surface area contributed by atoms with Crippen LogP contribution in [0.1, 0.15) is 44.6 Å². The Morgan fingerprint density at radius 1 is 1.11 bits per heavy atom. The van der Waals surface area contributed by atoms with Crippen molar-refractivity contribution in [2.24, 2.45) is 0 Å². The van der Waals surface area contributed by atoms with Crippen LogP contribution in [0.15, 0.2) is 53.4 Å². The van der Waals surface area contributed by atoms with E-state index in [1.807, 2.05) is 6.07 Å². The fourth-order valence-corrected chi connectivity index (χ4v) is 5.45. The molecule has 1 atom stereocenters. The summed E-state index contributed by atoms with van der Waals surface area (Å²) in [4.78, 5) is 24.7. The molecule has 2 aromatic carbocycles. The van der Waals surface area contributed by atoms with E-state index in [1.54, 1.807) is 43.4 Å². The van der Waals surface area contributed by atoms with Gasteiger partial charge in [-0.15, -0.1) is 0 Å². The number of ether oxygens (including phenoxy) is 2. The highest BCUT2D eigenvalue weighted by Crippen LogP contribution is 2.29. The summed E-state index contributed by atoms with van der Waals surface area (Å²) in [6.45, 7) is 0.869. The molecule has 1 N–H and O–H groups in total. The predicted molar refractivity (Wildman–Crippen MR) is 129 cm³/mol. The average Bonchev–Trinajstić information content (AvgIpc) is 2.88. The number of hydrogen-bond donors (Lipinski definition) is 1. The van der Waals surface area contributed by atoms with Crippen molar-refractivity contribution in [3.63, 3.8) is 0 Å². The Labute approximate surface area is 205 Å². The molecule has 0 bridgehead atoms. The lowest BCUT2D eigenvalue weighted by molar-refractivity contribution is -0.153. The van der Waals surface area contributed by atoms with Crippen molar-refractivity contribution < 1.29 is 27.5 Å². The number of anilines is 1. The number of nitriles is 1. The molecule has 0 spiro atoms. The maximum Gasteiger partial charge on any atom is 0.347 e. The van der Waals surface area contributed by atoms with Gasteiger partial charge in [-0.3, -0.25) is 4.79 Å². The Morgan fingerprint density at radius 3 is 2.43 bits per heavy atom. The van der Waals surface area contributed by atoms with Crippen LogP contribution in [0.4, 0.5) is 5.69 Å². The van der Waals surface area contributed by atoms with Gasteiger partial charge >= 0.3 is 5.97 Å². The molecule has 2 aromatic rings. The Hall–Kier alpha value is -3.42. The molecule has 10 heteroatoms. The number of amides is 1. The number of nitrogens with zero attached hydrogens (tertiary/aromatic N) is 2. The monoisotopic (exact) mass is 499 g/mol. The third-order valence-corrected chi connectivity index (χ3v) is 7.85. The van der Waals surface area contributed by atoms with Crippen molar-refractivity contribution in [2.75, 3.05) is 19.0 Å². The number of carbonyl (C=O) groups is 2. The number of para-hydroxylation sites is 1. The van der Waals surface area contributed by atoms with E-state index in [0.29, 0.717) is 11.3 Å². The molecule has 1 aliphatic rings.